The van der Waals surface area contributed by atoms with E-state index in [2.05, 4.69) is 4.98 Å². The van der Waals surface area contributed by atoms with Crippen molar-refractivity contribution in [1.29, 1.82) is 0 Å². The maximum absolute atomic E-state index is 10.7. The molecule has 0 aliphatic heterocycles. The second-order valence-corrected chi connectivity index (χ2v) is 3.71. The summed E-state index contributed by atoms with van der Waals surface area (Å²) in [7, 11) is -4.24. The molecule has 0 bridgehead atoms. The topological polar surface area (TPSA) is 76.5 Å². The zero-order valence-electron chi connectivity index (χ0n) is 7.97. The van der Waals surface area contributed by atoms with Gasteiger partial charge in [-0.25, -0.2) is 4.98 Å². The molecule has 0 aromatic carbocycles. The van der Waals surface area contributed by atoms with Gasteiger partial charge in [-0.15, -0.1) is 0 Å². The molecule has 0 fully saturated rings. The number of hydrogen-bond donors (Lipinski definition) is 1. The Morgan fingerprint density at radius 2 is 1.88 bits per heavy atom. The van der Waals surface area contributed by atoms with Crippen molar-refractivity contribution in [3.63, 3.8) is 0 Å². The van der Waals surface area contributed by atoms with Crippen LogP contribution in [0.5, 0.6) is 5.88 Å². The van der Waals surface area contributed by atoms with Crippen molar-refractivity contribution in [2.24, 2.45) is 0 Å². The number of halogens is 3. The van der Waals surface area contributed by atoms with Gasteiger partial charge in [0.1, 0.15) is 0 Å². The molecule has 0 saturated carbocycles. The Morgan fingerprint density at radius 3 is 2.06 bits per heavy atom. The molecule has 1 N–H and O–H groups in total. The molecular formula is C7H8F3NO4S. The van der Waals surface area contributed by atoms with Crippen LogP contribution in [0.3, 0.4) is 0 Å². The molecule has 1 aromatic heterocycles. The monoisotopic (exact) mass is 259 g/mol. The van der Waals surface area contributed by atoms with Crippen molar-refractivity contribution in [1.82, 2.24) is 4.98 Å². The van der Waals surface area contributed by atoms with Crippen molar-refractivity contribution in [2.45, 2.75) is 5.51 Å². The van der Waals surface area contributed by atoms with Gasteiger partial charge in [0.25, 0.3) is 0 Å². The largest absolute Gasteiger partial charge is 0.522 e. The number of pyridine rings is 1. The molecular weight excluding hydrogens is 251 g/mol. The third kappa shape index (κ3) is 5.51. The number of methoxy groups -OCH3 is 1. The van der Waals surface area contributed by atoms with Crippen LogP contribution in [0.25, 0.3) is 0 Å². The van der Waals surface area contributed by atoms with E-state index in [1.165, 1.54) is 0 Å². The first kappa shape index (κ1) is 14.6. The Labute approximate surface area is 89.6 Å². The van der Waals surface area contributed by atoms with Crippen molar-refractivity contribution in [3.05, 3.63) is 24.4 Å². The van der Waals surface area contributed by atoms with Crippen LogP contribution in [0.1, 0.15) is 0 Å². The van der Waals surface area contributed by atoms with Crippen molar-refractivity contribution < 1.29 is 30.9 Å². The quantitative estimate of drug-likeness (QED) is 0.610. The summed E-state index contributed by atoms with van der Waals surface area (Å²) in [5.74, 6) is 0.660. The molecule has 1 heterocycles. The fraction of sp³-hybridized carbons (Fsp3) is 0.286. The number of nitrogens with zero attached hydrogens (tertiary/aromatic N) is 1. The predicted molar refractivity (Wildman–Crippen MR) is 48.4 cm³/mol. The SMILES string of the molecule is COc1ccccn1.O=S(=O)(O)C(F)(F)F. The van der Waals surface area contributed by atoms with Gasteiger partial charge in [0.15, 0.2) is 0 Å². The summed E-state index contributed by atoms with van der Waals surface area (Å²) >= 11 is 0. The Morgan fingerprint density at radius 1 is 1.38 bits per heavy atom. The van der Waals surface area contributed by atoms with Gasteiger partial charge < -0.3 is 4.74 Å². The van der Waals surface area contributed by atoms with Crippen LogP contribution in [0.4, 0.5) is 13.2 Å². The highest BCUT2D eigenvalue weighted by molar-refractivity contribution is 7.86. The lowest BCUT2D eigenvalue weighted by atomic mass is 10.5. The van der Waals surface area contributed by atoms with Crippen LogP contribution in [-0.2, 0) is 10.1 Å². The number of aromatic nitrogens is 1. The standard InChI is InChI=1S/C6H7NO.CHF3O3S/c1-8-6-4-2-3-5-7-6;2-1(3,4)8(5,6)7/h2-5H,1H3;(H,5,6,7). The Hall–Kier alpha value is -1.35. The lowest BCUT2D eigenvalue weighted by molar-refractivity contribution is -0.0510. The van der Waals surface area contributed by atoms with Crippen molar-refractivity contribution in [3.8, 4) is 5.88 Å². The fourth-order valence-electron chi connectivity index (χ4n) is 0.468. The maximum atomic E-state index is 10.7. The zero-order chi connectivity index (χ0) is 12.8. The minimum Gasteiger partial charge on any atom is -0.481 e. The Kier molecular flexibility index (Phi) is 5.18. The van der Waals surface area contributed by atoms with Gasteiger partial charge in [-0.05, 0) is 6.07 Å². The second kappa shape index (κ2) is 5.66. The lowest BCUT2D eigenvalue weighted by Crippen LogP contribution is -2.21. The van der Waals surface area contributed by atoms with Crippen LogP contribution < -0.4 is 4.74 Å². The average Bonchev–Trinajstić information content (AvgIpc) is 2.17. The molecule has 9 heteroatoms. The van der Waals surface area contributed by atoms with Gasteiger partial charge >= 0.3 is 15.6 Å². The van der Waals surface area contributed by atoms with E-state index in [0.29, 0.717) is 5.88 Å². The summed E-state index contributed by atoms with van der Waals surface area (Å²) in [5, 5.41) is 0. The number of hydrogen-bond acceptors (Lipinski definition) is 4. The average molecular weight is 259 g/mol. The molecule has 0 unspecified atom stereocenters. The molecule has 1 aromatic rings. The molecule has 0 spiro atoms. The third-order valence-corrected chi connectivity index (χ3v) is 1.72. The van der Waals surface area contributed by atoms with E-state index in [9.17, 15) is 13.2 Å². The van der Waals surface area contributed by atoms with Gasteiger partial charge in [-0.3, -0.25) is 4.55 Å². The third-order valence-electron chi connectivity index (χ3n) is 1.14. The maximum Gasteiger partial charge on any atom is 0.522 e. The molecule has 16 heavy (non-hydrogen) atoms. The summed E-state index contributed by atoms with van der Waals surface area (Å²) in [5.41, 5.74) is -5.53. The van der Waals surface area contributed by atoms with Crippen molar-refractivity contribution in [2.75, 3.05) is 7.11 Å². The van der Waals surface area contributed by atoms with Gasteiger partial charge in [0.2, 0.25) is 5.88 Å². The molecule has 0 radical (unpaired) electrons. The van der Waals surface area contributed by atoms with E-state index in [1.54, 1.807) is 19.4 Å². The molecule has 0 aliphatic carbocycles. The second-order valence-electron chi connectivity index (χ2n) is 2.29. The molecule has 5 nitrogen and oxygen atoms in total. The summed E-state index contributed by atoms with van der Waals surface area (Å²) in [6.07, 6.45) is 1.69. The van der Waals surface area contributed by atoms with Crippen LogP contribution >= 0.6 is 0 Å². The molecule has 1 rings (SSSR count). The summed E-state index contributed by atoms with van der Waals surface area (Å²) < 4.78 is 62.3. The van der Waals surface area contributed by atoms with Crippen LogP contribution in [0.15, 0.2) is 24.4 Å². The number of ether oxygens (including phenoxy) is 1. The van der Waals surface area contributed by atoms with E-state index in [-0.39, 0.29) is 0 Å². The van der Waals surface area contributed by atoms with Crippen LogP contribution in [0.2, 0.25) is 0 Å². The normalized spacial score (nSPS) is 11.3. The number of rotatable bonds is 1. The van der Waals surface area contributed by atoms with E-state index < -0.39 is 15.6 Å². The fourth-order valence-corrected chi connectivity index (χ4v) is 0.468. The van der Waals surface area contributed by atoms with Gasteiger partial charge in [0, 0.05) is 12.3 Å². The molecule has 0 atom stereocenters. The minimum absolute atomic E-state index is 0.660. The van der Waals surface area contributed by atoms with E-state index in [4.69, 9.17) is 17.7 Å². The molecule has 0 saturated heterocycles. The highest BCUT2D eigenvalue weighted by Crippen LogP contribution is 2.20. The first-order chi connectivity index (χ1) is 7.18. The Bertz CT molecular complexity index is 403. The van der Waals surface area contributed by atoms with Crippen molar-refractivity contribution >= 4 is 10.1 Å². The highest BCUT2D eigenvalue weighted by atomic mass is 32.2. The minimum atomic E-state index is -5.84. The zero-order valence-corrected chi connectivity index (χ0v) is 8.79. The van der Waals surface area contributed by atoms with Crippen LogP contribution in [-0.4, -0.2) is 30.6 Å². The first-order valence-corrected chi connectivity index (χ1v) is 5.11. The molecule has 0 aliphatic rings. The van der Waals surface area contributed by atoms with E-state index >= 15 is 0 Å². The van der Waals surface area contributed by atoms with Gasteiger partial charge in [-0.2, -0.15) is 21.6 Å². The van der Waals surface area contributed by atoms with E-state index in [1.807, 2.05) is 12.1 Å². The van der Waals surface area contributed by atoms with E-state index in [0.717, 1.165) is 0 Å². The summed E-state index contributed by atoms with van der Waals surface area (Å²) in [4.78, 5) is 3.88. The highest BCUT2D eigenvalue weighted by Gasteiger charge is 2.44. The van der Waals surface area contributed by atoms with Gasteiger partial charge in [-0.1, -0.05) is 6.07 Å². The number of alkyl halides is 3. The Balaban J connectivity index is 0.000000281. The lowest BCUT2D eigenvalue weighted by Gasteiger charge is -1.97. The van der Waals surface area contributed by atoms with Crippen LogP contribution in [0, 0.1) is 0 Å². The molecule has 0 amide bonds. The predicted octanol–water partition coefficient (Wildman–Crippen LogP) is 1.48. The van der Waals surface area contributed by atoms with Gasteiger partial charge in [0.05, 0.1) is 7.11 Å². The summed E-state index contributed by atoms with van der Waals surface area (Å²) in [6, 6.07) is 5.54. The first-order valence-electron chi connectivity index (χ1n) is 3.67. The smallest absolute Gasteiger partial charge is 0.481 e. The summed E-state index contributed by atoms with van der Waals surface area (Å²) in [6.45, 7) is 0. The molecule has 92 valence electrons.